The highest BCUT2D eigenvalue weighted by molar-refractivity contribution is 7.92. The lowest BCUT2D eigenvalue weighted by atomic mass is 10.2. The van der Waals surface area contributed by atoms with Crippen LogP contribution in [0.1, 0.15) is 33.6 Å². The van der Waals surface area contributed by atoms with E-state index in [1.54, 1.807) is 24.3 Å². The lowest BCUT2D eigenvalue weighted by Crippen LogP contribution is -2.18. The number of rotatable bonds is 7. The van der Waals surface area contributed by atoms with Crippen LogP contribution in [0.2, 0.25) is 0 Å². The molecule has 6 heteroatoms. The summed E-state index contributed by atoms with van der Waals surface area (Å²) in [7, 11) is -3.28. The van der Waals surface area contributed by atoms with Gasteiger partial charge in [0.1, 0.15) is 0 Å². The SMILES string of the molecule is CCCCS(=O)(=O)Nc1ccc(NC(=O)C(C)C)cc1. The average molecular weight is 298 g/mol. The molecule has 112 valence electrons. The van der Waals surface area contributed by atoms with Crippen LogP contribution in [0.15, 0.2) is 24.3 Å². The molecule has 0 atom stereocenters. The molecule has 0 spiro atoms. The van der Waals surface area contributed by atoms with Crippen molar-refractivity contribution in [2.75, 3.05) is 15.8 Å². The summed E-state index contributed by atoms with van der Waals surface area (Å²) >= 11 is 0. The third-order valence-corrected chi connectivity index (χ3v) is 4.09. The predicted octanol–water partition coefficient (Wildman–Crippen LogP) is 2.82. The van der Waals surface area contributed by atoms with Crippen molar-refractivity contribution in [1.82, 2.24) is 0 Å². The van der Waals surface area contributed by atoms with Gasteiger partial charge in [0.2, 0.25) is 15.9 Å². The molecule has 0 aliphatic heterocycles. The number of amides is 1. The standard InChI is InChI=1S/C14H22N2O3S/c1-4-5-10-20(18,19)16-13-8-6-12(7-9-13)15-14(17)11(2)3/h6-9,11,16H,4-5,10H2,1-3H3,(H,15,17). The van der Waals surface area contributed by atoms with E-state index in [1.165, 1.54) is 0 Å². The van der Waals surface area contributed by atoms with Crippen molar-refractivity contribution in [2.24, 2.45) is 5.92 Å². The fourth-order valence-corrected chi connectivity index (χ4v) is 2.74. The molecular formula is C14H22N2O3S. The van der Waals surface area contributed by atoms with E-state index in [4.69, 9.17) is 0 Å². The summed E-state index contributed by atoms with van der Waals surface area (Å²) in [6.07, 6.45) is 1.47. The van der Waals surface area contributed by atoms with E-state index in [1.807, 2.05) is 20.8 Å². The lowest BCUT2D eigenvalue weighted by molar-refractivity contribution is -0.118. The Hall–Kier alpha value is -1.56. The number of hydrogen-bond acceptors (Lipinski definition) is 3. The first-order valence-corrected chi connectivity index (χ1v) is 8.40. The maximum absolute atomic E-state index is 11.7. The largest absolute Gasteiger partial charge is 0.326 e. The zero-order valence-corrected chi connectivity index (χ0v) is 13.0. The zero-order chi connectivity index (χ0) is 15.2. The van der Waals surface area contributed by atoms with E-state index in [0.29, 0.717) is 17.8 Å². The Morgan fingerprint density at radius 1 is 1.15 bits per heavy atom. The van der Waals surface area contributed by atoms with Crippen molar-refractivity contribution in [2.45, 2.75) is 33.6 Å². The summed E-state index contributed by atoms with van der Waals surface area (Å²) in [5, 5.41) is 2.75. The van der Waals surface area contributed by atoms with E-state index >= 15 is 0 Å². The molecule has 1 rings (SSSR count). The normalized spacial score (nSPS) is 11.4. The van der Waals surface area contributed by atoms with Gasteiger partial charge in [-0.25, -0.2) is 8.42 Å². The average Bonchev–Trinajstić information content (AvgIpc) is 2.38. The Labute approximate surface area is 120 Å². The van der Waals surface area contributed by atoms with E-state index < -0.39 is 10.0 Å². The number of sulfonamides is 1. The smallest absolute Gasteiger partial charge is 0.232 e. The molecule has 5 nitrogen and oxygen atoms in total. The minimum atomic E-state index is -3.28. The van der Waals surface area contributed by atoms with Crippen LogP contribution >= 0.6 is 0 Å². The van der Waals surface area contributed by atoms with Crippen molar-refractivity contribution in [3.05, 3.63) is 24.3 Å². The number of nitrogens with one attached hydrogen (secondary N) is 2. The highest BCUT2D eigenvalue weighted by Crippen LogP contribution is 2.16. The second kappa shape index (κ2) is 7.28. The van der Waals surface area contributed by atoms with Crippen LogP contribution in [0.4, 0.5) is 11.4 Å². The molecule has 1 aromatic rings. The third kappa shape index (κ3) is 5.61. The van der Waals surface area contributed by atoms with Crippen molar-refractivity contribution in [3.63, 3.8) is 0 Å². The van der Waals surface area contributed by atoms with Crippen LogP contribution in [-0.4, -0.2) is 20.1 Å². The monoisotopic (exact) mass is 298 g/mol. The number of benzene rings is 1. The van der Waals surface area contributed by atoms with Crippen molar-refractivity contribution < 1.29 is 13.2 Å². The first-order valence-electron chi connectivity index (χ1n) is 6.75. The number of carbonyl (C=O) groups is 1. The van der Waals surface area contributed by atoms with E-state index in [-0.39, 0.29) is 17.6 Å². The summed E-state index contributed by atoms with van der Waals surface area (Å²) in [6.45, 7) is 5.57. The molecule has 0 saturated carbocycles. The molecule has 0 bridgehead atoms. The molecule has 20 heavy (non-hydrogen) atoms. The Morgan fingerprint density at radius 3 is 2.20 bits per heavy atom. The van der Waals surface area contributed by atoms with Gasteiger partial charge in [0.15, 0.2) is 0 Å². The molecule has 0 aliphatic rings. The molecule has 1 aromatic carbocycles. The van der Waals surface area contributed by atoms with Gasteiger partial charge < -0.3 is 5.32 Å². The maximum Gasteiger partial charge on any atom is 0.232 e. The number of anilines is 2. The molecule has 0 aliphatic carbocycles. The van der Waals surface area contributed by atoms with Gasteiger partial charge in [-0.15, -0.1) is 0 Å². The second-order valence-corrected chi connectivity index (χ2v) is 6.84. The molecule has 2 N–H and O–H groups in total. The highest BCUT2D eigenvalue weighted by atomic mass is 32.2. The van der Waals surface area contributed by atoms with Gasteiger partial charge in [-0.3, -0.25) is 9.52 Å². The first kappa shape index (κ1) is 16.5. The van der Waals surface area contributed by atoms with Gasteiger partial charge in [0, 0.05) is 17.3 Å². The van der Waals surface area contributed by atoms with E-state index in [2.05, 4.69) is 10.0 Å². The van der Waals surface area contributed by atoms with E-state index in [9.17, 15) is 13.2 Å². The minimum Gasteiger partial charge on any atom is -0.326 e. The van der Waals surface area contributed by atoms with Crippen LogP contribution in [0.5, 0.6) is 0 Å². The molecule has 0 radical (unpaired) electrons. The van der Waals surface area contributed by atoms with Gasteiger partial charge in [0.05, 0.1) is 5.75 Å². The molecule has 0 saturated heterocycles. The van der Waals surface area contributed by atoms with Crippen molar-refractivity contribution >= 4 is 27.3 Å². The number of hydrogen-bond donors (Lipinski definition) is 2. The van der Waals surface area contributed by atoms with Gasteiger partial charge in [-0.2, -0.15) is 0 Å². The molecule has 0 aromatic heterocycles. The summed E-state index contributed by atoms with van der Waals surface area (Å²) in [6, 6.07) is 6.63. The molecule has 0 fully saturated rings. The van der Waals surface area contributed by atoms with Gasteiger partial charge in [0.25, 0.3) is 0 Å². The number of unbranched alkanes of at least 4 members (excludes halogenated alkanes) is 1. The molecule has 0 unspecified atom stereocenters. The predicted molar refractivity (Wildman–Crippen MR) is 82.2 cm³/mol. The van der Waals surface area contributed by atoms with Gasteiger partial charge in [-0.1, -0.05) is 27.2 Å². The van der Waals surface area contributed by atoms with Gasteiger partial charge >= 0.3 is 0 Å². The fourth-order valence-electron chi connectivity index (χ4n) is 1.47. The Balaban J connectivity index is 2.65. The van der Waals surface area contributed by atoms with Gasteiger partial charge in [-0.05, 0) is 30.7 Å². The zero-order valence-electron chi connectivity index (χ0n) is 12.1. The summed E-state index contributed by atoms with van der Waals surface area (Å²) in [4.78, 5) is 11.5. The van der Waals surface area contributed by atoms with Crippen LogP contribution in [0, 0.1) is 5.92 Å². The first-order chi connectivity index (χ1) is 9.34. The minimum absolute atomic E-state index is 0.0683. The summed E-state index contributed by atoms with van der Waals surface area (Å²) in [5.74, 6) is -0.0431. The highest BCUT2D eigenvalue weighted by Gasteiger charge is 2.10. The van der Waals surface area contributed by atoms with E-state index in [0.717, 1.165) is 6.42 Å². The topological polar surface area (TPSA) is 75.3 Å². The summed E-state index contributed by atoms with van der Waals surface area (Å²) < 4.78 is 26.0. The van der Waals surface area contributed by atoms with Crippen LogP contribution in [0.25, 0.3) is 0 Å². The maximum atomic E-state index is 11.7. The number of carbonyl (C=O) groups excluding carboxylic acids is 1. The van der Waals surface area contributed by atoms with Crippen LogP contribution in [-0.2, 0) is 14.8 Å². The Morgan fingerprint density at radius 2 is 1.70 bits per heavy atom. The quantitative estimate of drug-likeness (QED) is 0.812. The Bertz CT molecular complexity index is 536. The summed E-state index contributed by atoms with van der Waals surface area (Å²) in [5.41, 5.74) is 1.16. The molecular weight excluding hydrogens is 276 g/mol. The fraction of sp³-hybridized carbons (Fsp3) is 0.500. The molecule has 1 amide bonds. The molecule has 0 heterocycles. The lowest BCUT2D eigenvalue weighted by Gasteiger charge is -2.10. The Kier molecular flexibility index (Phi) is 6.01. The van der Waals surface area contributed by atoms with Crippen molar-refractivity contribution in [3.8, 4) is 0 Å². The second-order valence-electron chi connectivity index (χ2n) is 5.00. The van der Waals surface area contributed by atoms with Crippen LogP contribution in [0.3, 0.4) is 0 Å². The van der Waals surface area contributed by atoms with Crippen molar-refractivity contribution in [1.29, 1.82) is 0 Å². The third-order valence-electron chi connectivity index (χ3n) is 2.72. The van der Waals surface area contributed by atoms with Crippen LogP contribution < -0.4 is 10.0 Å².